The maximum atomic E-state index is 8.63. The SMILES string of the molecule is N#Cc1c(I)[nH]c(I)c1I. The molecule has 5 heteroatoms. The molecule has 1 aromatic heterocycles. The number of nitriles is 1. The summed E-state index contributed by atoms with van der Waals surface area (Å²) >= 11 is 6.45. The zero-order valence-corrected chi connectivity index (χ0v) is 11.1. The van der Waals surface area contributed by atoms with Crippen LogP contribution in [0.15, 0.2) is 0 Å². The Morgan fingerprint density at radius 1 is 1.20 bits per heavy atom. The third-order valence-corrected chi connectivity index (χ3v) is 4.69. The van der Waals surface area contributed by atoms with Crippen molar-refractivity contribution in [3.63, 3.8) is 0 Å². The molecule has 0 atom stereocenters. The molecule has 0 saturated carbocycles. The van der Waals surface area contributed by atoms with Gasteiger partial charge in [0.05, 0.1) is 16.5 Å². The van der Waals surface area contributed by atoms with Gasteiger partial charge in [0.2, 0.25) is 0 Å². The van der Waals surface area contributed by atoms with Crippen molar-refractivity contribution < 1.29 is 0 Å². The van der Waals surface area contributed by atoms with Gasteiger partial charge < -0.3 is 4.98 Å². The van der Waals surface area contributed by atoms with Crippen molar-refractivity contribution in [2.75, 3.05) is 0 Å². The van der Waals surface area contributed by atoms with E-state index in [-0.39, 0.29) is 0 Å². The third-order valence-electron chi connectivity index (χ3n) is 0.963. The third kappa shape index (κ3) is 1.58. The second-order valence-corrected chi connectivity index (χ2v) is 4.79. The van der Waals surface area contributed by atoms with Gasteiger partial charge in [0.25, 0.3) is 0 Å². The van der Waals surface area contributed by atoms with Gasteiger partial charge >= 0.3 is 0 Å². The number of hydrogen-bond acceptors (Lipinski definition) is 1. The van der Waals surface area contributed by atoms with Crippen molar-refractivity contribution in [2.45, 2.75) is 0 Å². The van der Waals surface area contributed by atoms with Crippen LogP contribution in [0.25, 0.3) is 0 Å². The largest absolute Gasteiger partial charge is 0.343 e. The number of rotatable bonds is 0. The molecule has 0 aliphatic carbocycles. The van der Waals surface area contributed by atoms with Crippen LogP contribution in [0.2, 0.25) is 0 Å². The summed E-state index contributed by atoms with van der Waals surface area (Å²) in [6.45, 7) is 0. The summed E-state index contributed by atoms with van der Waals surface area (Å²) in [6.07, 6.45) is 0. The first kappa shape index (κ1) is 9.05. The molecule has 0 spiro atoms. The normalized spacial score (nSPS) is 9.40. The maximum absolute atomic E-state index is 8.63. The molecule has 0 aliphatic heterocycles. The van der Waals surface area contributed by atoms with E-state index in [0.29, 0.717) is 0 Å². The number of halogens is 3. The lowest BCUT2D eigenvalue weighted by atomic mass is 10.4. The Bertz CT molecular complexity index is 297. The summed E-state index contributed by atoms with van der Waals surface area (Å²) in [5.74, 6) is 0. The van der Waals surface area contributed by atoms with Crippen LogP contribution in [0.3, 0.4) is 0 Å². The molecule has 0 saturated heterocycles. The minimum absolute atomic E-state index is 0.755. The van der Waals surface area contributed by atoms with Crippen molar-refractivity contribution >= 4 is 67.8 Å². The Kier molecular flexibility index (Phi) is 3.23. The Labute approximate surface area is 99.2 Å². The molecule has 1 aromatic rings. The fraction of sp³-hybridized carbons (Fsp3) is 0. The van der Waals surface area contributed by atoms with Gasteiger partial charge in [-0.25, -0.2) is 0 Å². The van der Waals surface area contributed by atoms with Crippen molar-refractivity contribution in [3.05, 3.63) is 16.5 Å². The number of aromatic amines is 1. The zero-order chi connectivity index (χ0) is 7.72. The van der Waals surface area contributed by atoms with Gasteiger partial charge in [0.1, 0.15) is 6.07 Å². The highest BCUT2D eigenvalue weighted by Gasteiger charge is 2.09. The molecule has 0 aliphatic rings. The van der Waals surface area contributed by atoms with Gasteiger partial charge in [-0.1, -0.05) is 0 Å². The van der Waals surface area contributed by atoms with Crippen molar-refractivity contribution in [1.29, 1.82) is 5.26 Å². The number of nitrogens with one attached hydrogen (secondary N) is 1. The fourth-order valence-electron chi connectivity index (χ4n) is 0.518. The van der Waals surface area contributed by atoms with Gasteiger partial charge in [-0.15, -0.1) is 0 Å². The van der Waals surface area contributed by atoms with E-state index in [1.165, 1.54) is 0 Å². The molecule has 52 valence electrons. The molecule has 1 heterocycles. The van der Waals surface area contributed by atoms with Gasteiger partial charge in [-0.2, -0.15) is 5.26 Å². The second kappa shape index (κ2) is 3.57. The van der Waals surface area contributed by atoms with Crippen LogP contribution in [0.4, 0.5) is 0 Å². The van der Waals surface area contributed by atoms with E-state index in [2.05, 4.69) is 78.8 Å². The van der Waals surface area contributed by atoms with Crippen LogP contribution in [-0.2, 0) is 0 Å². The molecule has 0 bridgehead atoms. The Hall–Kier alpha value is 0.960. The minimum Gasteiger partial charge on any atom is -0.343 e. The van der Waals surface area contributed by atoms with Gasteiger partial charge in [0.15, 0.2) is 0 Å². The van der Waals surface area contributed by atoms with Gasteiger partial charge in [0, 0.05) is 0 Å². The molecule has 0 radical (unpaired) electrons. The quantitative estimate of drug-likeness (QED) is 0.583. The van der Waals surface area contributed by atoms with E-state index in [1.54, 1.807) is 0 Å². The zero-order valence-electron chi connectivity index (χ0n) is 4.58. The minimum atomic E-state index is 0.755. The van der Waals surface area contributed by atoms with E-state index >= 15 is 0 Å². The molecule has 0 aromatic carbocycles. The lowest BCUT2D eigenvalue weighted by molar-refractivity contribution is 1.29. The van der Waals surface area contributed by atoms with Crippen LogP contribution in [0.5, 0.6) is 0 Å². The van der Waals surface area contributed by atoms with Crippen LogP contribution in [0, 0.1) is 22.3 Å². The van der Waals surface area contributed by atoms with E-state index in [4.69, 9.17) is 5.26 Å². The monoisotopic (exact) mass is 470 g/mol. The van der Waals surface area contributed by atoms with Gasteiger partial charge in [-0.3, -0.25) is 0 Å². The Balaban J connectivity index is 3.37. The number of nitrogens with zero attached hydrogens (tertiary/aromatic N) is 1. The first-order chi connectivity index (χ1) is 4.66. The number of H-pyrrole nitrogens is 1. The van der Waals surface area contributed by atoms with E-state index < -0.39 is 0 Å². The molecule has 0 fully saturated rings. The molecule has 1 rings (SSSR count). The first-order valence-electron chi connectivity index (χ1n) is 2.29. The highest BCUT2D eigenvalue weighted by molar-refractivity contribution is 14.1. The van der Waals surface area contributed by atoms with E-state index in [1.807, 2.05) is 0 Å². The molecule has 10 heavy (non-hydrogen) atoms. The number of aromatic nitrogens is 1. The van der Waals surface area contributed by atoms with Crippen LogP contribution in [0.1, 0.15) is 5.56 Å². The molecule has 2 nitrogen and oxygen atoms in total. The summed E-state index contributed by atoms with van der Waals surface area (Å²) in [7, 11) is 0. The average Bonchev–Trinajstić information content (AvgIpc) is 2.09. The standard InChI is InChI=1S/C5HI3N2/c6-3-2(1-9)4(7)10-5(3)8/h10H. The topological polar surface area (TPSA) is 39.6 Å². The van der Waals surface area contributed by atoms with Crippen molar-refractivity contribution in [1.82, 2.24) is 4.98 Å². The molecular formula is C5HI3N2. The van der Waals surface area contributed by atoms with Crippen molar-refractivity contribution in [3.8, 4) is 6.07 Å². The van der Waals surface area contributed by atoms with Gasteiger partial charge in [-0.05, 0) is 67.8 Å². The Morgan fingerprint density at radius 3 is 2.00 bits per heavy atom. The second-order valence-electron chi connectivity index (χ2n) is 1.55. The predicted molar refractivity (Wildman–Crippen MR) is 63.7 cm³/mol. The molecule has 0 amide bonds. The lowest BCUT2D eigenvalue weighted by Crippen LogP contribution is -1.75. The van der Waals surface area contributed by atoms with Crippen LogP contribution in [-0.4, -0.2) is 4.98 Å². The predicted octanol–water partition coefficient (Wildman–Crippen LogP) is 2.70. The van der Waals surface area contributed by atoms with Crippen molar-refractivity contribution in [2.24, 2.45) is 0 Å². The average molecular weight is 470 g/mol. The lowest BCUT2D eigenvalue weighted by Gasteiger charge is -1.81. The fourth-order valence-corrected chi connectivity index (χ4v) is 3.27. The summed E-state index contributed by atoms with van der Waals surface area (Å²) in [5, 5.41) is 8.63. The van der Waals surface area contributed by atoms with Crippen LogP contribution < -0.4 is 0 Å². The molecule has 0 unspecified atom stereocenters. The summed E-state index contributed by atoms with van der Waals surface area (Å²) in [5.41, 5.74) is 0.755. The summed E-state index contributed by atoms with van der Waals surface area (Å²) in [4.78, 5) is 3.07. The van der Waals surface area contributed by atoms with E-state index in [9.17, 15) is 0 Å². The maximum Gasteiger partial charge on any atom is 0.103 e. The smallest absolute Gasteiger partial charge is 0.103 e. The van der Waals surface area contributed by atoms with E-state index in [0.717, 1.165) is 16.5 Å². The Morgan fingerprint density at radius 2 is 1.80 bits per heavy atom. The number of hydrogen-bond donors (Lipinski definition) is 1. The summed E-state index contributed by atoms with van der Waals surface area (Å²) < 4.78 is 2.98. The highest BCUT2D eigenvalue weighted by atomic mass is 127. The first-order valence-corrected chi connectivity index (χ1v) is 5.53. The molecular weight excluding hydrogens is 469 g/mol. The molecule has 1 N–H and O–H groups in total. The highest BCUT2D eigenvalue weighted by Crippen LogP contribution is 2.22. The summed E-state index contributed by atoms with van der Waals surface area (Å²) in [6, 6.07) is 2.13. The van der Waals surface area contributed by atoms with Crippen LogP contribution >= 0.6 is 67.8 Å².